The second-order valence-corrected chi connectivity index (χ2v) is 9.37. The molecule has 32 heavy (non-hydrogen) atoms. The zero-order valence-electron chi connectivity index (χ0n) is 18.4. The van der Waals surface area contributed by atoms with E-state index in [-0.39, 0.29) is 29.2 Å². The number of piperidine rings is 1. The second kappa shape index (κ2) is 8.37. The van der Waals surface area contributed by atoms with Crippen molar-refractivity contribution in [2.24, 2.45) is 11.3 Å². The minimum atomic E-state index is -0.517. The molecule has 1 N–H and O–H groups in total. The summed E-state index contributed by atoms with van der Waals surface area (Å²) in [6, 6.07) is 5.99. The van der Waals surface area contributed by atoms with Gasteiger partial charge in [-0.3, -0.25) is 4.79 Å². The average Bonchev–Trinajstić information content (AvgIpc) is 3.43. The molecule has 2 aromatic heterocycles. The van der Waals surface area contributed by atoms with Crippen molar-refractivity contribution < 1.29 is 23.5 Å². The smallest absolute Gasteiger partial charge is 0.410 e. The minimum Gasteiger partial charge on any atom is -0.444 e. The normalized spacial score (nSPS) is 19.4. The molecular formula is C23H27FN4O4. The summed E-state index contributed by atoms with van der Waals surface area (Å²) in [5.74, 6) is 0.535. The zero-order valence-corrected chi connectivity index (χ0v) is 18.4. The molecule has 9 heteroatoms. The highest BCUT2D eigenvalue weighted by Gasteiger charge is 2.59. The first-order valence-corrected chi connectivity index (χ1v) is 10.7. The molecule has 170 valence electrons. The van der Waals surface area contributed by atoms with Gasteiger partial charge in [-0.05, 0) is 63.6 Å². The molecule has 1 atom stereocenters. The topological polar surface area (TPSA) is 93.7 Å². The molecule has 1 aliphatic carbocycles. The molecule has 1 aliphatic heterocycles. The van der Waals surface area contributed by atoms with Crippen LogP contribution in [0.1, 0.15) is 40.0 Å². The van der Waals surface area contributed by atoms with Gasteiger partial charge in [0.2, 0.25) is 11.8 Å². The van der Waals surface area contributed by atoms with Crippen LogP contribution in [0.4, 0.5) is 15.0 Å². The number of nitrogens with one attached hydrogen (secondary N) is 1. The summed E-state index contributed by atoms with van der Waals surface area (Å²) in [6.07, 6.45) is 4.64. The van der Waals surface area contributed by atoms with E-state index in [4.69, 9.17) is 9.47 Å². The van der Waals surface area contributed by atoms with Gasteiger partial charge in [-0.25, -0.2) is 19.2 Å². The van der Waals surface area contributed by atoms with Crippen molar-refractivity contribution in [1.29, 1.82) is 0 Å². The molecule has 2 aromatic rings. The first-order valence-electron chi connectivity index (χ1n) is 10.7. The summed E-state index contributed by atoms with van der Waals surface area (Å²) in [5, 5.41) is 2.86. The molecule has 0 bridgehead atoms. The summed E-state index contributed by atoms with van der Waals surface area (Å²) in [6.45, 7) is 6.75. The summed E-state index contributed by atoms with van der Waals surface area (Å²) in [4.78, 5) is 34.7. The van der Waals surface area contributed by atoms with Crippen LogP contribution in [0.2, 0.25) is 0 Å². The highest BCUT2D eigenvalue weighted by molar-refractivity contribution is 5.94. The Bertz CT molecular complexity index is 981. The Morgan fingerprint density at radius 1 is 1.12 bits per heavy atom. The number of aromatic nitrogens is 2. The summed E-state index contributed by atoms with van der Waals surface area (Å²) in [7, 11) is 0. The average molecular weight is 442 g/mol. The van der Waals surface area contributed by atoms with Crippen molar-refractivity contribution in [3.8, 4) is 11.6 Å². The van der Waals surface area contributed by atoms with Gasteiger partial charge in [0.25, 0.3) is 0 Å². The number of anilines is 1. The molecule has 1 saturated carbocycles. The van der Waals surface area contributed by atoms with E-state index >= 15 is 0 Å². The molecule has 4 rings (SSSR count). The Hall–Kier alpha value is -3.23. The lowest BCUT2D eigenvalue weighted by Gasteiger charge is -2.34. The summed E-state index contributed by atoms with van der Waals surface area (Å²) >= 11 is 0. The molecule has 8 nitrogen and oxygen atoms in total. The molecule has 2 fully saturated rings. The van der Waals surface area contributed by atoms with Gasteiger partial charge in [0.05, 0.1) is 12.4 Å². The van der Waals surface area contributed by atoms with E-state index in [1.807, 2.05) is 20.8 Å². The number of rotatable bonds is 4. The largest absolute Gasteiger partial charge is 0.444 e. The van der Waals surface area contributed by atoms with E-state index < -0.39 is 11.4 Å². The molecule has 0 aromatic carbocycles. The maximum absolute atomic E-state index is 12.9. The summed E-state index contributed by atoms with van der Waals surface area (Å²) in [5.41, 5.74) is -0.558. The number of halogens is 1. The number of likely N-dealkylation sites (tertiary alicyclic amines) is 1. The number of carbonyl (C=O) groups is 2. The number of hydrogen-bond acceptors (Lipinski definition) is 6. The lowest BCUT2D eigenvalue weighted by Crippen LogP contribution is -2.43. The third kappa shape index (κ3) is 5.15. The van der Waals surface area contributed by atoms with Crippen molar-refractivity contribution in [3.05, 3.63) is 42.5 Å². The maximum atomic E-state index is 12.9. The van der Waals surface area contributed by atoms with E-state index in [9.17, 15) is 14.0 Å². The molecule has 3 heterocycles. The number of nitrogens with zero attached hydrogens (tertiary/aromatic N) is 3. The van der Waals surface area contributed by atoms with Crippen LogP contribution in [-0.2, 0) is 9.53 Å². The highest BCUT2D eigenvalue weighted by Crippen LogP contribution is 2.59. The fraction of sp³-hybridized carbons (Fsp3) is 0.478. The van der Waals surface area contributed by atoms with Crippen molar-refractivity contribution >= 4 is 17.8 Å². The van der Waals surface area contributed by atoms with E-state index in [0.717, 1.165) is 25.5 Å². The Balaban J connectivity index is 1.26. The van der Waals surface area contributed by atoms with E-state index in [1.165, 1.54) is 18.3 Å². The number of amides is 2. The van der Waals surface area contributed by atoms with Gasteiger partial charge in [-0.1, -0.05) is 0 Å². The zero-order chi connectivity index (χ0) is 22.9. The predicted molar refractivity (Wildman–Crippen MR) is 115 cm³/mol. The minimum absolute atomic E-state index is 0.0418. The van der Waals surface area contributed by atoms with Gasteiger partial charge in [-0.15, -0.1) is 0 Å². The van der Waals surface area contributed by atoms with Crippen LogP contribution in [0.5, 0.6) is 11.6 Å². The third-order valence-electron chi connectivity index (χ3n) is 5.83. The molecule has 2 aliphatic rings. The molecule has 1 spiro atoms. The molecule has 1 unspecified atom stereocenters. The van der Waals surface area contributed by atoms with E-state index in [1.54, 1.807) is 17.0 Å². The molecule has 2 amide bonds. The quantitative estimate of drug-likeness (QED) is 0.755. The van der Waals surface area contributed by atoms with E-state index in [0.29, 0.717) is 24.7 Å². The SMILES string of the molecule is CC(C)(C)OC(=O)N1CCC2(CC1)CC2C(=O)Nc1ccc(Oc2ccc(F)cn2)cn1. The lowest BCUT2D eigenvalue weighted by atomic mass is 9.91. The van der Waals surface area contributed by atoms with Crippen molar-refractivity contribution in [2.45, 2.75) is 45.6 Å². The molecular weight excluding hydrogens is 415 g/mol. The number of hydrogen-bond donors (Lipinski definition) is 1. The standard InChI is InChI=1S/C23H27FN4O4/c1-22(2,3)32-21(30)28-10-8-23(9-11-28)12-17(23)20(29)27-18-6-5-16(14-25-18)31-19-7-4-15(24)13-26-19/h4-7,13-14,17H,8-12H2,1-3H3,(H,25,27,29). The van der Waals surface area contributed by atoms with E-state index in [2.05, 4.69) is 15.3 Å². The first-order chi connectivity index (χ1) is 15.1. The van der Waals surface area contributed by atoms with Crippen LogP contribution >= 0.6 is 0 Å². The van der Waals surface area contributed by atoms with Gasteiger partial charge in [0.15, 0.2) is 0 Å². The van der Waals surface area contributed by atoms with Crippen LogP contribution in [-0.4, -0.2) is 45.6 Å². The van der Waals surface area contributed by atoms with Crippen LogP contribution in [0.25, 0.3) is 0 Å². The number of carbonyl (C=O) groups excluding carboxylic acids is 2. The van der Waals surface area contributed by atoms with Gasteiger partial charge >= 0.3 is 6.09 Å². The number of ether oxygens (including phenoxy) is 2. The molecule has 1 saturated heterocycles. The monoisotopic (exact) mass is 442 g/mol. The van der Waals surface area contributed by atoms with Crippen molar-refractivity contribution in [2.75, 3.05) is 18.4 Å². The van der Waals surface area contributed by atoms with Crippen LogP contribution in [0, 0.1) is 17.2 Å². The Morgan fingerprint density at radius 3 is 2.47 bits per heavy atom. The Labute approximate surface area is 186 Å². The van der Waals surface area contributed by atoms with Crippen molar-refractivity contribution in [1.82, 2.24) is 14.9 Å². The predicted octanol–water partition coefficient (Wildman–Crippen LogP) is 4.38. The Kier molecular flexibility index (Phi) is 5.75. The lowest BCUT2D eigenvalue weighted by molar-refractivity contribution is -0.118. The van der Waals surface area contributed by atoms with Gasteiger partial charge in [-0.2, -0.15) is 0 Å². The molecule has 0 radical (unpaired) electrons. The fourth-order valence-electron chi connectivity index (χ4n) is 4.00. The second-order valence-electron chi connectivity index (χ2n) is 9.37. The first kappa shape index (κ1) is 22.0. The van der Waals surface area contributed by atoms with Gasteiger partial charge in [0.1, 0.15) is 23.0 Å². The third-order valence-corrected chi connectivity index (χ3v) is 5.83. The Morgan fingerprint density at radius 2 is 1.88 bits per heavy atom. The number of pyridine rings is 2. The van der Waals surface area contributed by atoms with Gasteiger partial charge in [0, 0.05) is 25.1 Å². The van der Waals surface area contributed by atoms with Crippen LogP contribution in [0.3, 0.4) is 0 Å². The van der Waals surface area contributed by atoms with Crippen LogP contribution < -0.4 is 10.1 Å². The fourth-order valence-corrected chi connectivity index (χ4v) is 4.00. The maximum Gasteiger partial charge on any atom is 0.410 e. The summed E-state index contributed by atoms with van der Waals surface area (Å²) < 4.78 is 23.9. The van der Waals surface area contributed by atoms with Crippen LogP contribution in [0.15, 0.2) is 36.7 Å². The highest BCUT2D eigenvalue weighted by atomic mass is 19.1. The van der Waals surface area contributed by atoms with Gasteiger partial charge < -0.3 is 19.7 Å². The van der Waals surface area contributed by atoms with Crippen molar-refractivity contribution in [3.63, 3.8) is 0 Å².